The van der Waals surface area contributed by atoms with Crippen LogP contribution in [0.1, 0.15) is 50.4 Å². The van der Waals surface area contributed by atoms with Crippen LogP contribution in [0.25, 0.3) is 0 Å². The van der Waals surface area contributed by atoms with Crippen LogP contribution in [0.4, 0.5) is 8.78 Å². The lowest BCUT2D eigenvalue weighted by atomic mass is 9.70. The molecule has 4 heteroatoms. The van der Waals surface area contributed by atoms with Crippen molar-refractivity contribution in [3.05, 3.63) is 35.4 Å². The fourth-order valence-corrected chi connectivity index (χ4v) is 4.13. The molecule has 0 aliphatic heterocycles. The maximum absolute atomic E-state index is 13.2. The van der Waals surface area contributed by atoms with Gasteiger partial charge in [-0.2, -0.15) is 0 Å². The average Bonchev–Trinajstić information content (AvgIpc) is 2.75. The summed E-state index contributed by atoms with van der Waals surface area (Å²) in [5.74, 6) is -1.99. The van der Waals surface area contributed by atoms with E-state index in [2.05, 4.69) is 20.8 Å². The predicted molar refractivity (Wildman–Crippen MR) is 74.8 cm³/mol. The Labute approximate surface area is 123 Å². The van der Waals surface area contributed by atoms with Gasteiger partial charge in [0.1, 0.15) is 6.10 Å². The van der Waals surface area contributed by atoms with Crippen molar-refractivity contribution in [2.45, 2.75) is 46.1 Å². The van der Waals surface area contributed by atoms with E-state index in [1.165, 1.54) is 12.5 Å². The second-order valence-corrected chi connectivity index (χ2v) is 7.13. The normalized spacial score (nSPS) is 33.2. The number of ether oxygens (including phenoxy) is 1. The lowest BCUT2D eigenvalue weighted by molar-refractivity contribution is -0.0242. The zero-order chi connectivity index (χ0) is 15.4. The predicted octanol–water partition coefficient (Wildman–Crippen LogP) is 4.34. The van der Waals surface area contributed by atoms with Gasteiger partial charge in [0.25, 0.3) is 0 Å². The van der Waals surface area contributed by atoms with Crippen LogP contribution in [0.3, 0.4) is 0 Å². The van der Waals surface area contributed by atoms with Gasteiger partial charge < -0.3 is 4.74 Å². The summed E-state index contributed by atoms with van der Waals surface area (Å²) in [5, 5.41) is 0. The number of esters is 1. The first-order chi connectivity index (χ1) is 9.75. The lowest BCUT2D eigenvalue weighted by Crippen LogP contribution is -2.38. The Hall–Kier alpha value is -1.45. The molecular weight excluding hydrogens is 274 g/mol. The molecule has 114 valence electrons. The number of fused-ring (bicyclic) bond motifs is 2. The Bertz CT molecular complexity index is 596. The number of hydrogen-bond donors (Lipinski definition) is 0. The van der Waals surface area contributed by atoms with Crippen molar-refractivity contribution in [3.8, 4) is 0 Å². The molecular formula is C17H20F2O2. The monoisotopic (exact) mass is 294 g/mol. The van der Waals surface area contributed by atoms with Gasteiger partial charge in [-0.15, -0.1) is 0 Å². The van der Waals surface area contributed by atoms with Gasteiger partial charge in [0.15, 0.2) is 11.6 Å². The van der Waals surface area contributed by atoms with E-state index in [0.29, 0.717) is 5.92 Å². The van der Waals surface area contributed by atoms with Crippen LogP contribution in [0.2, 0.25) is 0 Å². The molecule has 0 radical (unpaired) electrons. The summed E-state index contributed by atoms with van der Waals surface area (Å²) < 4.78 is 31.8. The zero-order valence-electron chi connectivity index (χ0n) is 12.6. The summed E-state index contributed by atoms with van der Waals surface area (Å²) in [6.45, 7) is 6.63. The van der Waals surface area contributed by atoms with Crippen molar-refractivity contribution in [3.63, 3.8) is 0 Å². The molecule has 2 aliphatic rings. The molecule has 2 nitrogen and oxygen atoms in total. The molecule has 1 aromatic rings. The number of halogens is 2. The average molecular weight is 294 g/mol. The summed E-state index contributed by atoms with van der Waals surface area (Å²) in [7, 11) is 0. The van der Waals surface area contributed by atoms with E-state index >= 15 is 0 Å². The number of rotatable bonds is 2. The Balaban J connectivity index is 1.79. The van der Waals surface area contributed by atoms with Crippen LogP contribution in [-0.4, -0.2) is 12.1 Å². The first-order valence-electron chi connectivity index (χ1n) is 7.42. The molecule has 3 unspecified atom stereocenters. The molecule has 2 saturated carbocycles. The van der Waals surface area contributed by atoms with Crippen LogP contribution >= 0.6 is 0 Å². The summed E-state index contributed by atoms with van der Waals surface area (Å²) in [5.41, 5.74) is 0.177. The van der Waals surface area contributed by atoms with Crippen molar-refractivity contribution < 1.29 is 18.3 Å². The first-order valence-corrected chi connectivity index (χ1v) is 7.42. The maximum atomic E-state index is 13.2. The Kier molecular flexibility index (Phi) is 3.12. The van der Waals surface area contributed by atoms with Crippen molar-refractivity contribution in [2.75, 3.05) is 0 Å². The molecule has 0 amide bonds. The highest BCUT2D eigenvalue weighted by atomic mass is 19.2. The third kappa shape index (κ3) is 1.99. The fourth-order valence-electron chi connectivity index (χ4n) is 4.13. The van der Waals surface area contributed by atoms with Crippen LogP contribution < -0.4 is 0 Å². The number of hydrogen-bond acceptors (Lipinski definition) is 2. The number of benzene rings is 1. The lowest BCUT2D eigenvalue weighted by Gasteiger charge is -2.38. The molecule has 2 fully saturated rings. The topological polar surface area (TPSA) is 26.3 Å². The Morgan fingerprint density at radius 2 is 1.95 bits per heavy atom. The Morgan fingerprint density at radius 3 is 2.48 bits per heavy atom. The van der Waals surface area contributed by atoms with Crippen molar-refractivity contribution in [1.82, 2.24) is 0 Å². The minimum Gasteiger partial charge on any atom is -0.458 e. The molecule has 3 rings (SSSR count). The minimum atomic E-state index is -1.02. The Morgan fingerprint density at radius 1 is 1.24 bits per heavy atom. The van der Waals surface area contributed by atoms with Crippen LogP contribution in [0, 0.1) is 28.4 Å². The highest BCUT2D eigenvalue weighted by molar-refractivity contribution is 5.89. The van der Waals surface area contributed by atoms with Crippen molar-refractivity contribution >= 4 is 5.97 Å². The SMILES string of the molecule is CC1(C)C2CCC1(C)C(OC(=O)c1ccc(F)c(F)c1)C2. The van der Waals surface area contributed by atoms with Crippen LogP contribution in [-0.2, 0) is 4.74 Å². The number of carbonyl (C=O) groups is 1. The van der Waals surface area contributed by atoms with E-state index < -0.39 is 17.6 Å². The van der Waals surface area contributed by atoms with Gasteiger partial charge in [-0.1, -0.05) is 20.8 Å². The second kappa shape index (κ2) is 4.52. The van der Waals surface area contributed by atoms with Crippen molar-refractivity contribution in [1.29, 1.82) is 0 Å². The molecule has 0 spiro atoms. The molecule has 0 aromatic heterocycles. The van der Waals surface area contributed by atoms with E-state index in [0.717, 1.165) is 25.0 Å². The van der Waals surface area contributed by atoms with Crippen LogP contribution in [0.15, 0.2) is 18.2 Å². The van der Waals surface area contributed by atoms with Gasteiger partial charge in [0, 0.05) is 5.41 Å². The quantitative estimate of drug-likeness (QED) is 0.759. The maximum Gasteiger partial charge on any atom is 0.338 e. The van der Waals surface area contributed by atoms with E-state index in [1.807, 2.05) is 0 Å². The largest absolute Gasteiger partial charge is 0.458 e. The molecule has 0 heterocycles. The van der Waals surface area contributed by atoms with E-state index in [-0.39, 0.29) is 22.5 Å². The molecule has 21 heavy (non-hydrogen) atoms. The van der Waals surface area contributed by atoms with Gasteiger partial charge in [0.05, 0.1) is 5.56 Å². The third-order valence-corrected chi connectivity index (χ3v) is 6.12. The summed E-state index contributed by atoms with van der Waals surface area (Å²) in [6.07, 6.45) is 2.93. The smallest absolute Gasteiger partial charge is 0.338 e. The van der Waals surface area contributed by atoms with Gasteiger partial charge in [-0.25, -0.2) is 13.6 Å². The molecule has 0 N–H and O–H groups in total. The molecule has 1 aromatic carbocycles. The van der Waals surface area contributed by atoms with E-state index in [1.54, 1.807) is 0 Å². The highest BCUT2D eigenvalue weighted by Gasteiger charge is 2.62. The van der Waals surface area contributed by atoms with Crippen LogP contribution in [0.5, 0.6) is 0 Å². The number of carbonyl (C=O) groups excluding carboxylic acids is 1. The second-order valence-electron chi connectivity index (χ2n) is 7.13. The molecule has 0 saturated heterocycles. The third-order valence-electron chi connectivity index (χ3n) is 6.12. The molecule has 2 bridgehead atoms. The fraction of sp³-hybridized carbons (Fsp3) is 0.588. The van der Waals surface area contributed by atoms with Gasteiger partial charge in [0.2, 0.25) is 0 Å². The van der Waals surface area contributed by atoms with E-state index in [9.17, 15) is 13.6 Å². The molecule has 3 atom stereocenters. The molecule has 2 aliphatic carbocycles. The van der Waals surface area contributed by atoms with Gasteiger partial charge in [-0.3, -0.25) is 0 Å². The van der Waals surface area contributed by atoms with E-state index in [4.69, 9.17) is 4.74 Å². The summed E-state index contributed by atoms with van der Waals surface area (Å²) >= 11 is 0. The zero-order valence-corrected chi connectivity index (χ0v) is 12.6. The van der Waals surface area contributed by atoms with Gasteiger partial charge >= 0.3 is 5.97 Å². The van der Waals surface area contributed by atoms with Gasteiger partial charge in [-0.05, 0) is 48.8 Å². The summed E-state index contributed by atoms with van der Waals surface area (Å²) in [4.78, 5) is 12.2. The van der Waals surface area contributed by atoms with Crippen molar-refractivity contribution in [2.24, 2.45) is 16.7 Å². The minimum absolute atomic E-state index is 0.0358. The first kappa shape index (κ1) is 14.5. The standard InChI is InChI=1S/C17H20F2O2/c1-16(2)11-6-7-17(16,3)14(9-11)21-15(20)10-4-5-12(18)13(19)8-10/h4-5,8,11,14H,6-7,9H2,1-3H3. The summed E-state index contributed by atoms with van der Waals surface area (Å²) in [6, 6.07) is 3.12. The highest BCUT2D eigenvalue weighted by Crippen LogP contribution is 2.66.